The number of carbonyl (C=O) groups excluding carboxylic acids is 2. The molecule has 122 valence electrons. The molecule has 6 heteroatoms. The minimum absolute atomic E-state index is 0.0694. The molecule has 0 aromatic carbocycles. The van der Waals surface area contributed by atoms with E-state index in [9.17, 15) is 14.7 Å². The second kappa shape index (κ2) is 5.83. The van der Waals surface area contributed by atoms with Crippen LogP contribution in [0.4, 0.5) is 4.79 Å². The van der Waals surface area contributed by atoms with Crippen LogP contribution in [0.1, 0.15) is 48.5 Å². The van der Waals surface area contributed by atoms with Crippen LogP contribution in [0.2, 0.25) is 0 Å². The molecule has 0 bridgehead atoms. The zero-order valence-corrected chi connectivity index (χ0v) is 14.0. The molecule has 21 heavy (non-hydrogen) atoms. The predicted octanol–water partition coefficient (Wildman–Crippen LogP) is 1.94. The summed E-state index contributed by atoms with van der Waals surface area (Å²) in [5, 5.41) is 9.98. The Labute approximate surface area is 126 Å². The Kier molecular flexibility index (Phi) is 4.93. The van der Waals surface area contributed by atoms with Crippen LogP contribution in [0.5, 0.6) is 0 Å². The van der Waals surface area contributed by atoms with Crippen LogP contribution < -0.4 is 0 Å². The second-order valence-corrected chi connectivity index (χ2v) is 7.54. The maximum atomic E-state index is 12.3. The first-order valence-electron chi connectivity index (χ1n) is 7.22. The van der Waals surface area contributed by atoms with Gasteiger partial charge in [0.05, 0.1) is 12.6 Å². The lowest BCUT2D eigenvalue weighted by atomic mass is 10.0. The highest BCUT2D eigenvalue weighted by Gasteiger charge is 2.47. The van der Waals surface area contributed by atoms with Crippen molar-refractivity contribution in [2.45, 2.75) is 71.8 Å². The number of likely N-dealkylation sites (tertiary alicyclic amines) is 1. The predicted molar refractivity (Wildman–Crippen MR) is 77.7 cm³/mol. The van der Waals surface area contributed by atoms with E-state index in [-0.39, 0.29) is 6.54 Å². The van der Waals surface area contributed by atoms with Crippen LogP contribution in [-0.2, 0) is 14.3 Å². The molecule has 1 saturated heterocycles. The van der Waals surface area contributed by atoms with Gasteiger partial charge in [-0.3, -0.25) is 4.90 Å². The zero-order valence-electron chi connectivity index (χ0n) is 14.0. The van der Waals surface area contributed by atoms with E-state index >= 15 is 0 Å². The van der Waals surface area contributed by atoms with Gasteiger partial charge in [-0.2, -0.15) is 0 Å². The SMILES string of the molecule is C[C@H]1[C@@H](C(=O)OC(C)(C)C)N(C(=O)OC(C)(C)C)C[C@@H]1O. The first kappa shape index (κ1) is 17.8. The molecule has 1 aliphatic heterocycles. The van der Waals surface area contributed by atoms with Gasteiger partial charge in [-0.05, 0) is 41.5 Å². The number of amides is 1. The number of β-amino-alcohol motifs (C(OH)–C–C–N with tert-alkyl or cyclic N) is 1. The van der Waals surface area contributed by atoms with E-state index < -0.39 is 41.3 Å². The van der Waals surface area contributed by atoms with Gasteiger partial charge in [0, 0.05) is 5.92 Å². The first-order chi connectivity index (χ1) is 9.32. The summed E-state index contributed by atoms with van der Waals surface area (Å²) < 4.78 is 10.6. The normalized spacial score (nSPS) is 26.7. The highest BCUT2D eigenvalue weighted by Crippen LogP contribution is 2.28. The number of aliphatic hydroxyl groups excluding tert-OH is 1. The van der Waals surface area contributed by atoms with Crippen molar-refractivity contribution in [1.29, 1.82) is 0 Å². The molecule has 0 spiro atoms. The third-order valence-corrected chi connectivity index (χ3v) is 3.10. The van der Waals surface area contributed by atoms with Crippen LogP contribution >= 0.6 is 0 Å². The highest BCUT2D eigenvalue weighted by atomic mass is 16.6. The topological polar surface area (TPSA) is 76.1 Å². The Hall–Kier alpha value is -1.30. The maximum absolute atomic E-state index is 12.3. The number of hydrogen-bond donors (Lipinski definition) is 1. The van der Waals surface area contributed by atoms with Crippen LogP contribution in [0.25, 0.3) is 0 Å². The fourth-order valence-electron chi connectivity index (χ4n) is 2.19. The first-order valence-corrected chi connectivity index (χ1v) is 7.22. The number of hydrogen-bond acceptors (Lipinski definition) is 5. The Morgan fingerprint density at radius 2 is 1.52 bits per heavy atom. The fourth-order valence-corrected chi connectivity index (χ4v) is 2.19. The van der Waals surface area contributed by atoms with Crippen molar-refractivity contribution in [2.24, 2.45) is 5.92 Å². The van der Waals surface area contributed by atoms with Gasteiger partial charge in [0.15, 0.2) is 0 Å². The lowest BCUT2D eigenvalue weighted by Gasteiger charge is -2.30. The molecule has 1 rings (SSSR count). The van der Waals surface area contributed by atoms with Crippen molar-refractivity contribution in [3.63, 3.8) is 0 Å². The van der Waals surface area contributed by atoms with E-state index in [1.165, 1.54) is 4.90 Å². The minimum Gasteiger partial charge on any atom is -0.458 e. The molecule has 0 aliphatic carbocycles. The molecule has 6 nitrogen and oxygen atoms in total. The average Bonchev–Trinajstić information content (AvgIpc) is 2.50. The van der Waals surface area contributed by atoms with E-state index in [1.54, 1.807) is 48.5 Å². The summed E-state index contributed by atoms with van der Waals surface area (Å²) in [4.78, 5) is 25.8. The standard InChI is InChI=1S/C15H27NO5/c1-9-10(17)8-16(13(19)21-15(5,6)7)11(9)12(18)20-14(2,3)4/h9-11,17H,8H2,1-7H3/t9-,10+,11+/m1/s1. The summed E-state index contributed by atoms with van der Waals surface area (Å²) in [6.45, 7) is 12.3. The van der Waals surface area contributed by atoms with Gasteiger partial charge in [-0.15, -0.1) is 0 Å². The Balaban J connectivity index is 2.91. The Bertz CT molecular complexity index is 407. The fraction of sp³-hybridized carbons (Fsp3) is 0.867. The monoisotopic (exact) mass is 301 g/mol. The number of nitrogens with zero attached hydrogens (tertiary/aromatic N) is 1. The number of carbonyl (C=O) groups is 2. The number of ether oxygens (including phenoxy) is 2. The van der Waals surface area contributed by atoms with Gasteiger partial charge in [-0.25, -0.2) is 9.59 Å². The highest BCUT2D eigenvalue weighted by molar-refractivity contribution is 5.83. The Morgan fingerprint density at radius 1 is 1.05 bits per heavy atom. The summed E-state index contributed by atoms with van der Waals surface area (Å²) in [5.74, 6) is -0.912. The molecule has 0 aromatic heterocycles. The Morgan fingerprint density at radius 3 is 1.95 bits per heavy atom. The third-order valence-electron chi connectivity index (χ3n) is 3.10. The van der Waals surface area contributed by atoms with Crippen LogP contribution in [0.15, 0.2) is 0 Å². The van der Waals surface area contributed by atoms with E-state index in [0.717, 1.165) is 0 Å². The lowest BCUT2D eigenvalue weighted by Crippen LogP contribution is -2.47. The summed E-state index contributed by atoms with van der Waals surface area (Å²) in [5.41, 5.74) is -1.31. The van der Waals surface area contributed by atoms with Gasteiger partial charge < -0.3 is 14.6 Å². The molecular formula is C15H27NO5. The third kappa shape index (κ3) is 4.88. The minimum atomic E-state index is -0.825. The van der Waals surface area contributed by atoms with Gasteiger partial charge in [0.2, 0.25) is 0 Å². The van der Waals surface area contributed by atoms with E-state index in [0.29, 0.717) is 0 Å². The number of rotatable bonds is 1. The molecule has 1 aliphatic rings. The van der Waals surface area contributed by atoms with Crippen molar-refractivity contribution >= 4 is 12.1 Å². The van der Waals surface area contributed by atoms with Crippen LogP contribution in [0, 0.1) is 5.92 Å². The van der Waals surface area contributed by atoms with Crippen LogP contribution in [0.3, 0.4) is 0 Å². The average molecular weight is 301 g/mol. The van der Waals surface area contributed by atoms with Crippen molar-refractivity contribution in [1.82, 2.24) is 4.90 Å². The van der Waals surface area contributed by atoms with Crippen molar-refractivity contribution in [2.75, 3.05) is 6.54 Å². The molecule has 1 amide bonds. The molecule has 0 radical (unpaired) electrons. The summed E-state index contributed by atoms with van der Waals surface area (Å²) >= 11 is 0. The summed E-state index contributed by atoms with van der Waals surface area (Å²) in [7, 11) is 0. The van der Waals surface area contributed by atoms with E-state index in [4.69, 9.17) is 9.47 Å². The quantitative estimate of drug-likeness (QED) is 0.749. The number of esters is 1. The smallest absolute Gasteiger partial charge is 0.411 e. The van der Waals surface area contributed by atoms with E-state index in [2.05, 4.69) is 0 Å². The zero-order chi connectivity index (χ0) is 16.6. The van der Waals surface area contributed by atoms with Gasteiger partial charge >= 0.3 is 12.1 Å². The lowest BCUT2D eigenvalue weighted by molar-refractivity contribution is -0.161. The maximum Gasteiger partial charge on any atom is 0.411 e. The van der Waals surface area contributed by atoms with Gasteiger partial charge in [0.25, 0.3) is 0 Å². The molecule has 1 fully saturated rings. The molecule has 0 aromatic rings. The van der Waals surface area contributed by atoms with Gasteiger partial charge in [-0.1, -0.05) is 6.92 Å². The van der Waals surface area contributed by atoms with E-state index in [1.807, 2.05) is 0 Å². The van der Waals surface area contributed by atoms with Crippen molar-refractivity contribution in [3.05, 3.63) is 0 Å². The molecule has 0 saturated carbocycles. The molecular weight excluding hydrogens is 274 g/mol. The van der Waals surface area contributed by atoms with Crippen molar-refractivity contribution in [3.8, 4) is 0 Å². The summed E-state index contributed by atoms with van der Waals surface area (Å²) in [6.07, 6.45) is -1.38. The summed E-state index contributed by atoms with van der Waals surface area (Å²) in [6, 6.07) is -0.825. The van der Waals surface area contributed by atoms with Crippen LogP contribution in [-0.4, -0.2) is 52.0 Å². The largest absolute Gasteiger partial charge is 0.458 e. The molecule has 1 N–H and O–H groups in total. The second-order valence-electron chi connectivity index (χ2n) is 7.54. The van der Waals surface area contributed by atoms with Gasteiger partial charge in [0.1, 0.15) is 17.2 Å². The number of aliphatic hydroxyl groups is 1. The molecule has 0 unspecified atom stereocenters. The molecule has 3 atom stereocenters. The molecule has 1 heterocycles. The van der Waals surface area contributed by atoms with Crippen molar-refractivity contribution < 1.29 is 24.2 Å².